The summed E-state index contributed by atoms with van der Waals surface area (Å²) in [7, 11) is -3.43. The lowest BCUT2D eigenvalue weighted by atomic mass is 9.83. The van der Waals surface area contributed by atoms with Crippen molar-refractivity contribution < 1.29 is 26.9 Å². The maximum absolute atomic E-state index is 11.9. The van der Waals surface area contributed by atoms with E-state index >= 15 is 0 Å². The Morgan fingerprint density at radius 2 is 2.20 bits per heavy atom. The topological polar surface area (TPSA) is 78.9 Å². The van der Waals surface area contributed by atoms with Gasteiger partial charge in [-0.15, -0.1) is 0 Å². The van der Waals surface area contributed by atoms with E-state index in [9.17, 15) is 13.2 Å². The Labute approximate surface area is 118 Å². The number of carbonyl (C=O) groups excluding carboxylic acids is 1. The second-order valence-corrected chi connectivity index (χ2v) is 7.57. The summed E-state index contributed by atoms with van der Waals surface area (Å²) in [4.78, 5) is 10.9. The highest BCUT2D eigenvalue weighted by molar-refractivity contribution is 7.87. The third kappa shape index (κ3) is 1.91. The Hall–Kier alpha value is -0.920. The number of carbonyl (C=O) groups is 1. The summed E-state index contributed by atoms with van der Waals surface area (Å²) < 4.78 is 39.7. The van der Waals surface area contributed by atoms with Crippen LogP contribution in [0.2, 0.25) is 0 Å². The molecule has 1 heterocycles. The van der Waals surface area contributed by atoms with Crippen molar-refractivity contribution in [2.75, 3.05) is 13.2 Å². The number of hydrogen-bond donors (Lipinski definition) is 0. The molecule has 0 spiro atoms. The molecule has 1 aliphatic heterocycles. The van der Waals surface area contributed by atoms with Gasteiger partial charge in [-0.05, 0) is 25.7 Å². The molecule has 20 heavy (non-hydrogen) atoms. The van der Waals surface area contributed by atoms with Gasteiger partial charge in [-0.2, -0.15) is 8.42 Å². The fourth-order valence-electron chi connectivity index (χ4n) is 3.85. The molecule has 112 valence electrons. The first-order chi connectivity index (χ1) is 9.38. The Morgan fingerprint density at radius 3 is 2.90 bits per heavy atom. The van der Waals surface area contributed by atoms with Gasteiger partial charge in [0.2, 0.25) is 0 Å². The minimum Gasteiger partial charge on any atom is -0.460 e. The van der Waals surface area contributed by atoms with E-state index in [1.54, 1.807) is 0 Å². The Kier molecular flexibility index (Phi) is 3.19. The van der Waals surface area contributed by atoms with Crippen molar-refractivity contribution >= 4 is 16.1 Å². The average Bonchev–Trinajstić information content (AvgIpc) is 2.99. The average molecular weight is 302 g/mol. The summed E-state index contributed by atoms with van der Waals surface area (Å²) in [5, 5.41) is -0.354. The van der Waals surface area contributed by atoms with Gasteiger partial charge in [0.15, 0.2) is 0 Å². The van der Waals surface area contributed by atoms with Crippen LogP contribution in [0.15, 0.2) is 12.7 Å². The first kappa shape index (κ1) is 14.0. The second kappa shape index (κ2) is 4.54. The van der Waals surface area contributed by atoms with Crippen molar-refractivity contribution in [3.05, 3.63) is 12.7 Å². The van der Waals surface area contributed by atoms with Crippen LogP contribution in [-0.4, -0.2) is 44.6 Å². The maximum Gasteiger partial charge on any atom is 0.330 e. The van der Waals surface area contributed by atoms with E-state index in [-0.39, 0.29) is 30.3 Å². The molecule has 5 unspecified atom stereocenters. The molecule has 3 aliphatic rings. The molecule has 0 aromatic carbocycles. The molecule has 2 bridgehead atoms. The van der Waals surface area contributed by atoms with E-state index in [2.05, 4.69) is 6.58 Å². The number of rotatable bonds is 5. The standard InChI is InChI=1S/C13H18O6S/c1-3-11(14)17-4-5-18-13(2)8-6-9-10(7-8)20(15,16)19-12(9)13/h3,8-10,12H,1,4-7H2,2H3. The van der Waals surface area contributed by atoms with Crippen molar-refractivity contribution in [1.82, 2.24) is 0 Å². The van der Waals surface area contributed by atoms with E-state index in [0.717, 1.165) is 12.5 Å². The molecule has 0 aromatic rings. The highest BCUT2D eigenvalue weighted by atomic mass is 32.2. The molecule has 2 aliphatic carbocycles. The predicted molar refractivity (Wildman–Crippen MR) is 69.3 cm³/mol. The molecule has 0 N–H and O–H groups in total. The molecule has 3 fully saturated rings. The maximum atomic E-state index is 11.9. The van der Waals surface area contributed by atoms with E-state index < -0.39 is 27.8 Å². The van der Waals surface area contributed by atoms with Crippen LogP contribution in [0.4, 0.5) is 0 Å². The number of hydrogen-bond acceptors (Lipinski definition) is 6. The number of ether oxygens (including phenoxy) is 2. The van der Waals surface area contributed by atoms with E-state index in [4.69, 9.17) is 13.7 Å². The van der Waals surface area contributed by atoms with Crippen LogP contribution in [-0.2, 0) is 28.6 Å². The van der Waals surface area contributed by atoms with Crippen LogP contribution < -0.4 is 0 Å². The van der Waals surface area contributed by atoms with Crippen molar-refractivity contribution in [3.63, 3.8) is 0 Å². The van der Waals surface area contributed by atoms with Crippen LogP contribution in [0.25, 0.3) is 0 Å². The fourth-order valence-corrected chi connectivity index (χ4v) is 5.77. The fraction of sp³-hybridized carbons (Fsp3) is 0.769. The van der Waals surface area contributed by atoms with Crippen LogP contribution in [0.1, 0.15) is 19.8 Å². The molecule has 5 atom stereocenters. The molecule has 0 radical (unpaired) electrons. The molecule has 1 saturated heterocycles. The van der Waals surface area contributed by atoms with Gasteiger partial charge in [0.1, 0.15) is 12.7 Å². The molecular formula is C13H18O6S. The quantitative estimate of drug-likeness (QED) is 0.321. The molecular weight excluding hydrogens is 284 g/mol. The van der Waals surface area contributed by atoms with Gasteiger partial charge in [0.25, 0.3) is 10.1 Å². The van der Waals surface area contributed by atoms with Gasteiger partial charge in [0.05, 0.1) is 17.5 Å². The summed E-state index contributed by atoms with van der Waals surface area (Å²) in [6.45, 7) is 5.56. The minimum atomic E-state index is -3.43. The van der Waals surface area contributed by atoms with Crippen LogP contribution in [0.5, 0.6) is 0 Å². The summed E-state index contributed by atoms with van der Waals surface area (Å²) >= 11 is 0. The SMILES string of the molecule is C=CC(=O)OCCOC1(C)C2CC3C1OS(=O)(=O)C3C2. The summed E-state index contributed by atoms with van der Waals surface area (Å²) in [5.74, 6) is -0.257. The van der Waals surface area contributed by atoms with Crippen molar-refractivity contribution in [2.45, 2.75) is 36.7 Å². The van der Waals surface area contributed by atoms with Gasteiger partial charge >= 0.3 is 5.97 Å². The third-order valence-corrected chi connectivity index (χ3v) is 6.59. The number of esters is 1. The first-order valence-electron chi connectivity index (χ1n) is 6.74. The van der Waals surface area contributed by atoms with Crippen LogP contribution >= 0.6 is 0 Å². The normalized spacial score (nSPS) is 43.6. The summed E-state index contributed by atoms with van der Waals surface area (Å²) in [6, 6.07) is 0. The Bertz CT molecular complexity index is 541. The number of fused-ring (bicyclic) bond motifs is 1. The van der Waals surface area contributed by atoms with Crippen LogP contribution in [0, 0.1) is 11.8 Å². The highest BCUT2D eigenvalue weighted by Gasteiger charge is 2.69. The summed E-state index contributed by atoms with van der Waals surface area (Å²) in [6.07, 6.45) is 2.13. The molecule has 7 heteroatoms. The molecule has 0 aromatic heterocycles. The largest absolute Gasteiger partial charge is 0.460 e. The lowest BCUT2D eigenvalue weighted by molar-refractivity contribution is -0.149. The van der Waals surface area contributed by atoms with Gasteiger partial charge in [0, 0.05) is 12.0 Å². The zero-order valence-corrected chi connectivity index (χ0v) is 12.1. The minimum absolute atomic E-state index is 0.0470. The first-order valence-corrected chi connectivity index (χ1v) is 8.21. The van der Waals surface area contributed by atoms with E-state index in [1.165, 1.54) is 0 Å². The molecule has 3 rings (SSSR count). The van der Waals surface area contributed by atoms with E-state index in [1.807, 2.05) is 6.92 Å². The van der Waals surface area contributed by atoms with Crippen molar-refractivity contribution in [1.29, 1.82) is 0 Å². The van der Waals surface area contributed by atoms with Gasteiger partial charge in [-0.3, -0.25) is 4.18 Å². The van der Waals surface area contributed by atoms with Crippen molar-refractivity contribution in [3.8, 4) is 0 Å². The van der Waals surface area contributed by atoms with E-state index in [0.29, 0.717) is 6.42 Å². The zero-order valence-electron chi connectivity index (χ0n) is 11.3. The lowest BCUT2D eigenvalue weighted by Crippen LogP contribution is -2.47. The zero-order chi connectivity index (χ0) is 14.5. The van der Waals surface area contributed by atoms with Gasteiger partial charge in [-0.1, -0.05) is 6.58 Å². The van der Waals surface area contributed by atoms with Crippen molar-refractivity contribution in [2.24, 2.45) is 11.8 Å². The third-order valence-electron chi connectivity index (χ3n) is 4.83. The molecule has 2 saturated carbocycles. The lowest BCUT2D eigenvalue weighted by Gasteiger charge is -2.36. The molecule has 0 amide bonds. The van der Waals surface area contributed by atoms with Gasteiger partial charge in [-0.25, -0.2) is 4.79 Å². The summed E-state index contributed by atoms with van der Waals surface area (Å²) in [5.41, 5.74) is -0.606. The highest BCUT2D eigenvalue weighted by Crippen LogP contribution is 2.60. The van der Waals surface area contributed by atoms with Crippen LogP contribution in [0.3, 0.4) is 0 Å². The Balaban J connectivity index is 1.63. The molecule has 6 nitrogen and oxygen atoms in total. The monoisotopic (exact) mass is 302 g/mol. The smallest absolute Gasteiger partial charge is 0.330 e. The second-order valence-electron chi connectivity index (χ2n) is 5.78. The van der Waals surface area contributed by atoms with Gasteiger partial charge < -0.3 is 9.47 Å². The Morgan fingerprint density at radius 1 is 1.45 bits per heavy atom. The predicted octanol–water partition coefficient (Wildman–Crippen LogP) is 0.628.